The van der Waals surface area contributed by atoms with E-state index in [1.54, 1.807) is 0 Å². The van der Waals surface area contributed by atoms with E-state index >= 15 is 0 Å². The van der Waals surface area contributed by atoms with E-state index in [1.807, 2.05) is 0 Å². The molecule has 0 amide bonds. The molecule has 0 atom stereocenters. The Balaban J connectivity index is 3.45. The van der Waals surface area contributed by atoms with Crippen LogP contribution in [0.25, 0.3) is 0 Å². The second-order valence-electron chi connectivity index (χ2n) is 1.52. The molecule has 0 saturated carbocycles. The minimum atomic E-state index is -4.19. The lowest BCUT2D eigenvalue weighted by atomic mass is 10.4. The topological polar surface area (TPSA) is 26.0 Å². The molecule has 0 radical (unpaired) electrons. The summed E-state index contributed by atoms with van der Waals surface area (Å²) in [5.41, 5.74) is 4.94. The highest BCUT2D eigenvalue weighted by molar-refractivity contribution is 4.88. The van der Waals surface area contributed by atoms with E-state index in [0.29, 0.717) is 0 Å². The van der Waals surface area contributed by atoms with Gasteiger partial charge in [-0.1, -0.05) is 6.08 Å². The van der Waals surface area contributed by atoms with Gasteiger partial charge in [-0.05, 0) is 13.0 Å². The molecule has 54 valence electrons. The maximum absolute atomic E-state index is 11.3. The van der Waals surface area contributed by atoms with Crippen molar-refractivity contribution in [2.24, 2.45) is 5.73 Å². The summed E-state index contributed by atoms with van der Waals surface area (Å²) in [6.45, 7) is 0.257. The highest BCUT2D eigenvalue weighted by Gasteiger charge is 2.21. The van der Waals surface area contributed by atoms with Gasteiger partial charge in [-0.3, -0.25) is 0 Å². The Morgan fingerprint density at radius 2 is 1.89 bits per heavy atom. The van der Waals surface area contributed by atoms with Crippen molar-refractivity contribution in [3.05, 3.63) is 12.2 Å². The number of nitrogens with two attached hydrogens (primary N) is 1. The number of halogens is 3. The molecule has 4 heteroatoms. The molecule has 0 unspecified atom stereocenters. The summed E-state index contributed by atoms with van der Waals surface area (Å²) < 4.78 is 33.8. The van der Waals surface area contributed by atoms with E-state index in [2.05, 4.69) is 0 Å². The van der Waals surface area contributed by atoms with Crippen LogP contribution < -0.4 is 5.73 Å². The van der Waals surface area contributed by atoms with Crippen molar-refractivity contribution in [3.63, 3.8) is 0 Å². The number of rotatable bonds is 2. The first-order chi connectivity index (χ1) is 4.06. The third kappa shape index (κ3) is 7.49. The van der Waals surface area contributed by atoms with Gasteiger partial charge in [-0.25, -0.2) is 0 Å². The summed E-state index contributed by atoms with van der Waals surface area (Å²) in [4.78, 5) is 0. The van der Waals surface area contributed by atoms with Crippen LogP contribution in [0.4, 0.5) is 13.2 Å². The second-order valence-corrected chi connectivity index (χ2v) is 1.52. The molecule has 0 rings (SSSR count). The average Bonchev–Trinajstić information content (AvgIpc) is 1.63. The second kappa shape index (κ2) is 3.50. The standard InChI is InChI=1S/C5H8F3N/c6-5(7,8)3-1-2-4-9/h1,3H,2,4,9H2. The van der Waals surface area contributed by atoms with Crippen molar-refractivity contribution < 1.29 is 13.2 Å². The average molecular weight is 139 g/mol. The highest BCUT2D eigenvalue weighted by atomic mass is 19.4. The van der Waals surface area contributed by atoms with Crippen LogP contribution in [0.15, 0.2) is 12.2 Å². The van der Waals surface area contributed by atoms with Gasteiger partial charge >= 0.3 is 6.18 Å². The number of hydrogen-bond acceptors (Lipinski definition) is 1. The minimum absolute atomic E-state index is 0.194. The molecule has 2 N–H and O–H groups in total. The molecule has 0 aromatic rings. The fourth-order valence-electron chi connectivity index (χ4n) is 0.313. The zero-order valence-electron chi connectivity index (χ0n) is 4.78. The Morgan fingerprint density at radius 3 is 2.22 bits per heavy atom. The van der Waals surface area contributed by atoms with Gasteiger partial charge < -0.3 is 5.73 Å². The zero-order valence-corrected chi connectivity index (χ0v) is 4.78. The Labute approximate surface area is 51.3 Å². The Bertz CT molecular complexity index is 94.9. The van der Waals surface area contributed by atoms with Gasteiger partial charge in [0.05, 0.1) is 0 Å². The van der Waals surface area contributed by atoms with Crippen LogP contribution in [-0.2, 0) is 0 Å². The van der Waals surface area contributed by atoms with Crippen LogP contribution >= 0.6 is 0 Å². The highest BCUT2D eigenvalue weighted by Crippen LogP contribution is 2.15. The lowest BCUT2D eigenvalue weighted by Gasteiger charge is -1.95. The van der Waals surface area contributed by atoms with Crippen LogP contribution in [0, 0.1) is 0 Å². The van der Waals surface area contributed by atoms with E-state index in [1.165, 1.54) is 0 Å². The predicted octanol–water partition coefficient (Wildman–Crippen LogP) is 1.45. The maximum atomic E-state index is 11.3. The predicted molar refractivity (Wildman–Crippen MR) is 28.9 cm³/mol. The summed E-state index contributed by atoms with van der Waals surface area (Å²) in [5, 5.41) is 0. The van der Waals surface area contributed by atoms with Gasteiger partial charge in [0, 0.05) is 6.08 Å². The molecule has 0 bridgehead atoms. The van der Waals surface area contributed by atoms with E-state index in [9.17, 15) is 13.2 Å². The number of hydrogen-bond donors (Lipinski definition) is 1. The molecule has 0 fully saturated rings. The van der Waals surface area contributed by atoms with Gasteiger partial charge in [-0.2, -0.15) is 13.2 Å². The van der Waals surface area contributed by atoms with Crippen molar-refractivity contribution in [1.82, 2.24) is 0 Å². The van der Waals surface area contributed by atoms with Gasteiger partial charge in [0.1, 0.15) is 0 Å². The van der Waals surface area contributed by atoms with Crippen LogP contribution in [0.5, 0.6) is 0 Å². The molecule has 1 nitrogen and oxygen atoms in total. The van der Waals surface area contributed by atoms with Crippen LogP contribution in [0.1, 0.15) is 6.42 Å². The van der Waals surface area contributed by atoms with Crippen molar-refractivity contribution >= 4 is 0 Å². The zero-order chi connectivity index (χ0) is 7.33. The molecular formula is C5H8F3N. The molecule has 0 aromatic heterocycles. The third-order valence-corrected chi connectivity index (χ3v) is 0.640. The molecule has 0 heterocycles. The fourth-order valence-corrected chi connectivity index (χ4v) is 0.313. The SMILES string of the molecule is NCCC=CC(F)(F)F. The van der Waals surface area contributed by atoms with E-state index in [0.717, 1.165) is 6.08 Å². The van der Waals surface area contributed by atoms with Crippen LogP contribution in [-0.4, -0.2) is 12.7 Å². The van der Waals surface area contributed by atoms with Gasteiger partial charge in [0.15, 0.2) is 0 Å². The molecular weight excluding hydrogens is 131 g/mol. The molecule has 0 aromatic carbocycles. The molecule has 0 spiro atoms. The summed E-state index contributed by atoms with van der Waals surface area (Å²) >= 11 is 0. The van der Waals surface area contributed by atoms with Gasteiger partial charge in [-0.15, -0.1) is 0 Å². The van der Waals surface area contributed by atoms with Gasteiger partial charge in [0.25, 0.3) is 0 Å². The van der Waals surface area contributed by atoms with Crippen molar-refractivity contribution in [2.45, 2.75) is 12.6 Å². The summed E-state index contributed by atoms with van der Waals surface area (Å²) in [6, 6.07) is 0. The largest absolute Gasteiger partial charge is 0.409 e. The lowest BCUT2D eigenvalue weighted by Crippen LogP contribution is -2.02. The molecule has 0 aliphatic heterocycles. The van der Waals surface area contributed by atoms with Crippen LogP contribution in [0.2, 0.25) is 0 Å². The normalized spacial score (nSPS) is 12.9. The minimum Gasteiger partial charge on any atom is -0.330 e. The summed E-state index contributed by atoms with van der Waals surface area (Å²) in [7, 11) is 0. The Hall–Kier alpha value is -0.510. The number of allylic oxidation sites excluding steroid dienone is 1. The first-order valence-electron chi connectivity index (χ1n) is 2.51. The quantitative estimate of drug-likeness (QED) is 0.576. The summed E-state index contributed by atoms with van der Waals surface area (Å²) in [5.74, 6) is 0. The number of alkyl halides is 3. The lowest BCUT2D eigenvalue weighted by molar-refractivity contribution is -0.0800. The molecule has 9 heavy (non-hydrogen) atoms. The van der Waals surface area contributed by atoms with Crippen molar-refractivity contribution in [2.75, 3.05) is 6.54 Å². The van der Waals surface area contributed by atoms with Crippen LogP contribution in [0.3, 0.4) is 0 Å². The first kappa shape index (κ1) is 8.49. The first-order valence-corrected chi connectivity index (χ1v) is 2.51. The monoisotopic (exact) mass is 139 g/mol. The van der Waals surface area contributed by atoms with Crippen molar-refractivity contribution in [3.8, 4) is 0 Å². The third-order valence-electron chi connectivity index (χ3n) is 0.640. The molecule has 0 saturated heterocycles. The fraction of sp³-hybridized carbons (Fsp3) is 0.600. The Morgan fingerprint density at radius 1 is 1.33 bits per heavy atom. The molecule has 0 aliphatic rings. The Kier molecular flexibility index (Phi) is 3.30. The summed E-state index contributed by atoms with van der Waals surface area (Å²) in [6.07, 6.45) is -2.70. The van der Waals surface area contributed by atoms with E-state index in [4.69, 9.17) is 5.73 Å². The maximum Gasteiger partial charge on any atom is 0.409 e. The van der Waals surface area contributed by atoms with Gasteiger partial charge in [0.2, 0.25) is 0 Å². The smallest absolute Gasteiger partial charge is 0.330 e. The van der Waals surface area contributed by atoms with Crippen molar-refractivity contribution in [1.29, 1.82) is 0 Å². The molecule has 0 aliphatic carbocycles. The van der Waals surface area contributed by atoms with E-state index < -0.39 is 6.18 Å². The van der Waals surface area contributed by atoms with E-state index in [-0.39, 0.29) is 19.0 Å².